The zero-order valence-corrected chi connectivity index (χ0v) is 9.50. The largest absolute Gasteiger partial charge is 0.394 e. The molecule has 0 heterocycles. The van der Waals surface area contributed by atoms with Crippen molar-refractivity contribution in [3.63, 3.8) is 0 Å². The van der Waals surface area contributed by atoms with Crippen molar-refractivity contribution in [2.75, 3.05) is 0 Å². The van der Waals surface area contributed by atoms with E-state index in [1.54, 1.807) is 0 Å². The second-order valence-corrected chi connectivity index (χ2v) is 3.90. The van der Waals surface area contributed by atoms with Gasteiger partial charge in [0.05, 0.1) is 6.10 Å². The van der Waals surface area contributed by atoms with Gasteiger partial charge in [0, 0.05) is 0 Å². The molecule has 0 aromatic rings. The van der Waals surface area contributed by atoms with Gasteiger partial charge < -0.3 is 5.11 Å². The predicted molar refractivity (Wildman–Crippen MR) is 54.6 cm³/mol. The average Bonchev–Trinajstić information content (AvgIpc) is 2.01. The first-order chi connectivity index (χ1) is 6.31. The van der Waals surface area contributed by atoms with Crippen molar-refractivity contribution >= 4 is 10.4 Å². The van der Waals surface area contributed by atoms with E-state index in [1.807, 2.05) is 6.92 Å². The van der Waals surface area contributed by atoms with E-state index in [0.29, 0.717) is 0 Å². The molecule has 0 aromatic carbocycles. The van der Waals surface area contributed by atoms with Gasteiger partial charge in [-0.1, -0.05) is 33.1 Å². The van der Waals surface area contributed by atoms with Crippen molar-refractivity contribution in [1.29, 1.82) is 0 Å². The summed E-state index contributed by atoms with van der Waals surface area (Å²) in [6.45, 7) is 4.20. The lowest BCUT2D eigenvalue weighted by Gasteiger charge is -2.04. The molecule has 0 aromatic heterocycles. The maximum atomic E-state index is 9.08. The Hall–Kier alpha value is -0.170. The lowest BCUT2D eigenvalue weighted by atomic mass is 10.1. The van der Waals surface area contributed by atoms with Gasteiger partial charge in [0.15, 0.2) is 0 Å². The van der Waals surface area contributed by atoms with Crippen LogP contribution in [-0.4, -0.2) is 28.7 Å². The Bertz CT molecular complexity index is 192. The smallest absolute Gasteiger partial charge is 0.393 e. The molecule has 0 saturated carbocycles. The first-order valence-electron chi connectivity index (χ1n) is 4.69. The van der Waals surface area contributed by atoms with Crippen molar-refractivity contribution < 1.29 is 22.6 Å². The molecular weight excluding hydrogens is 208 g/mol. The zero-order chi connectivity index (χ0) is 11.6. The molecule has 88 valence electrons. The van der Waals surface area contributed by atoms with Gasteiger partial charge in [-0.2, -0.15) is 8.42 Å². The molecule has 1 unspecified atom stereocenters. The third-order valence-corrected chi connectivity index (χ3v) is 1.61. The first kappa shape index (κ1) is 16.3. The standard InChI is InChI=1S/C8H18O.H2O4S/c1-3-5-6-7-8(9)4-2;1-5(2,3)4/h8-9H,3-7H2,1-2H3;(H2,1,2,3,4). The van der Waals surface area contributed by atoms with Crippen LogP contribution in [0.15, 0.2) is 0 Å². The Balaban J connectivity index is 0. The molecule has 6 heteroatoms. The molecule has 14 heavy (non-hydrogen) atoms. The van der Waals surface area contributed by atoms with Gasteiger partial charge in [-0.05, 0) is 12.8 Å². The quantitative estimate of drug-likeness (QED) is 0.491. The molecule has 0 aliphatic heterocycles. The van der Waals surface area contributed by atoms with E-state index in [2.05, 4.69) is 6.92 Å². The minimum absolute atomic E-state index is 0.0449. The van der Waals surface area contributed by atoms with Crippen LogP contribution in [0.4, 0.5) is 0 Å². The fourth-order valence-electron chi connectivity index (χ4n) is 0.834. The summed E-state index contributed by atoms with van der Waals surface area (Å²) in [7, 11) is -4.67. The first-order valence-corrected chi connectivity index (χ1v) is 6.08. The maximum absolute atomic E-state index is 9.08. The van der Waals surface area contributed by atoms with Crippen molar-refractivity contribution in [2.24, 2.45) is 0 Å². The molecule has 0 aliphatic rings. The van der Waals surface area contributed by atoms with E-state index in [9.17, 15) is 0 Å². The normalized spacial score (nSPS) is 12.9. The van der Waals surface area contributed by atoms with Crippen molar-refractivity contribution in [3.8, 4) is 0 Å². The summed E-state index contributed by atoms with van der Waals surface area (Å²) in [5.74, 6) is 0. The summed E-state index contributed by atoms with van der Waals surface area (Å²) < 4.78 is 31.6. The molecule has 0 rings (SSSR count). The van der Waals surface area contributed by atoms with E-state index in [0.717, 1.165) is 12.8 Å². The van der Waals surface area contributed by atoms with Gasteiger partial charge in [-0.15, -0.1) is 0 Å². The molecule has 0 aliphatic carbocycles. The zero-order valence-electron chi connectivity index (χ0n) is 8.68. The number of unbranched alkanes of at least 4 members (excludes halogenated alkanes) is 2. The van der Waals surface area contributed by atoms with Gasteiger partial charge >= 0.3 is 10.4 Å². The lowest BCUT2D eigenvalue weighted by Crippen LogP contribution is -2.02. The Kier molecular flexibility index (Phi) is 10.9. The highest BCUT2D eigenvalue weighted by Crippen LogP contribution is 2.04. The van der Waals surface area contributed by atoms with Crippen LogP contribution in [0.1, 0.15) is 46.0 Å². The Morgan fingerprint density at radius 1 is 1.14 bits per heavy atom. The third-order valence-electron chi connectivity index (χ3n) is 1.61. The molecule has 0 saturated heterocycles. The minimum atomic E-state index is -4.67. The van der Waals surface area contributed by atoms with Crippen LogP contribution in [0, 0.1) is 0 Å². The van der Waals surface area contributed by atoms with Crippen LogP contribution in [0.5, 0.6) is 0 Å². The predicted octanol–water partition coefficient (Wildman–Crippen LogP) is 1.68. The van der Waals surface area contributed by atoms with Crippen LogP contribution >= 0.6 is 0 Å². The number of aliphatic hydroxyl groups is 1. The maximum Gasteiger partial charge on any atom is 0.394 e. The second kappa shape index (κ2) is 9.39. The summed E-state index contributed by atoms with van der Waals surface area (Å²) in [6.07, 6.45) is 5.55. The number of aliphatic hydroxyl groups excluding tert-OH is 1. The molecular formula is C8H20O5S. The van der Waals surface area contributed by atoms with E-state index < -0.39 is 10.4 Å². The highest BCUT2D eigenvalue weighted by molar-refractivity contribution is 7.79. The van der Waals surface area contributed by atoms with Crippen molar-refractivity contribution in [2.45, 2.75) is 52.1 Å². The molecule has 0 spiro atoms. The molecule has 0 radical (unpaired) electrons. The minimum Gasteiger partial charge on any atom is -0.393 e. The second-order valence-electron chi connectivity index (χ2n) is 3.01. The fourth-order valence-corrected chi connectivity index (χ4v) is 0.834. The highest BCUT2D eigenvalue weighted by atomic mass is 32.3. The molecule has 0 amide bonds. The van der Waals surface area contributed by atoms with E-state index in [-0.39, 0.29) is 6.10 Å². The highest BCUT2D eigenvalue weighted by Gasteiger charge is 1.97. The van der Waals surface area contributed by atoms with Crippen molar-refractivity contribution in [1.82, 2.24) is 0 Å². The lowest BCUT2D eigenvalue weighted by molar-refractivity contribution is 0.156. The summed E-state index contributed by atoms with van der Waals surface area (Å²) in [4.78, 5) is 0. The number of hydrogen-bond acceptors (Lipinski definition) is 3. The molecule has 1 atom stereocenters. The topological polar surface area (TPSA) is 94.8 Å². The SMILES string of the molecule is CCCCCC(O)CC.O=S(=O)(O)O. The number of hydrogen-bond donors (Lipinski definition) is 3. The van der Waals surface area contributed by atoms with Gasteiger partial charge in [0.2, 0.25) is 0 Å². The van der Waals surface area contributed by atoms with E-state index in [1.165, 1.54) is 19.3 Å². The van der Waals surface area contributed by atoms with Crippen molar-refractivity contribution in [3.05, 3.63) is 0 Å². The van der Waals surface area contributed by atoms with Crippen LogP contribution in [0.25, 0.3) is 0 Å². The Labute approximate surface area is 85.7 Å². The molecule has 3 N–H and O–H groups in total. The summed E-state index contributed by atoms with van der Waals surface area (Å²) >= 11 is 0. The molecule has 0 bridgehead atoms. The van der Waals surface area contributed by atoms with E-state index >= 15 is 0 Å². The Morgan fingerprint density at radius 2 is 1.57 bits per heavy atom. The van der Waals surface area contributed by atoms with Crippen LogP contribution in [0.2, 0.25) is 0 Å². The van der Waals surface area contributed by atoms with Gasteiger partial charge in [0.25, 0.3) is 0 Å². The van der Waals surface area contributed by atoms with Gasteiger partial charge in [0.1, 0.15) is 0 Å². The monoisotopic (exact) mass is 228 g/mol. The summed E-state index contributed by atoms with van der Waals surface area (Å²) in [6, 6.07) is 0. The Morgan fingerprint density at radius 3 is 1.86 bits per heavy atom. The van der Waals surface area contributed by atoms with E-state index in [4.69, 9.17) is 22.6 Å². The van der Waals surface area contributed by atoms with Crippen LogP contribution in [0.3, 0.4) is 0 Å². The molecule has 0 fully saturated rings. The third kappa shape index (κ3) is 29.7. The summed E-state index contributed by atoms with van der Waals surface area (Å²) in [5.41, 5.74) is 0. The fraction of sp³-hybridized carbons (Fsp3) is 1.00. The average molecular weight is 228 g/mol. The van der Waals surface area contributed by atoms with Crippen LogP contribution < -0.4 is 0 Å². The molecule has 5 nitrogen and oxygen atoms in total. The van der Waals surface area contributed by atoms with Crippen LogP contribution in [-0.2, 0) is 10.4 Å². The van der Waals surface area contributed by atoms with Gasteiger partial charge in [-0.3, -0.25) is 9.11 Å². The number of rotatable bonds is 5. The van der Waals surface area contributed by atoms with Gasteiger partial charge in [-0.25, -0.2) is 0 Å². The summed E-state index contributed by atoms with van der Waals surface area (Å²) in [5, 5.41) is 9.08.